The number of fused-ring (bicyclic) bond motifs is 1. The first-order valence-electron chi connectivity index (χ1n) is 7.42. The molecule has 0 fully saturated rings. The van der Waals surface area contributed by atoms with Gasteiger partial charge in [-0.3, -0.25) is 9.48 Å². The average molecular weight is 322 g/mol. The van der Waals surface area contributed by atoms with Crippen molar-refractivity contribution in [1.29, 1.82) is 0 Å². The molecule has 1 amide bonds. The summed E-state index contributed by atoms with van der Waals surface area (Å²) in [5.74, 6) is -1.11. The van der Waals surface area contributed by atoms with Gasteiger partial charge in [0.05, 0.1) is 23.3 Å². The Morgan fingerprint density at radius 2 is 2.18 bits per heavy atom. The fourth-order valence-electron chi connectivity index (χ4n) is 2.83. The Hall–Kier alpha value is -1.88. The number of aromatic nitrogens is 2. The number of carbonyl (C=O) groups excluding carboxylic acids is 1. The number of nitrogens with one attached hydrogen (secondary N) is 1. The largest absolute Gasteiger partial charge is 0.350 e. The van der Waals surface area contributed by atoms with Crippen molar-refractivity contribution in [2.45, 2.75) is 32.2 Å². The average Bonchev–Trinajstić information content (AvgIpc) is 2.91. The molecule has 0 aliphatic heterocycles. The van der Waals surface area contributed by atoms with Crippen molar-refractivity contribution in [3.63, 3.8) is 0 Å². The van der Waals surface area contributed by atoms with E-state index in [1.54, 1.807) is 0 Å². The number of hydrogen-bond donors (Lipinski definition) is 1. The number of halogens is 2. The van der Waals surface area contributed by atoms with Gasteiger partial charge >= 0.3 is 0 Å². The molecule has 1 aliphatic rings. The Morgan fingerprint density at radius 3 is 3.00 bits per heavy atom. The smallest absolute Gasteiger partial charge is 0.255 e. The minimum atomic E-state index is -0.610. The van der Waals surface area contributed by atoms with E-state index in [2.05, 4.69) is 10.4 Å². The highest BCUT2D eigenvalue weighted by Crippen LogP contribution is 2.21. The zero-order chi connectivity index (χ0) is 15.5. The molecule has 0 spiro atoms. The molecule has 4 nitrogen and oxygen atoms in total. The fraction of sp³-hybridized carbons (Fsp3) is 0.375. The van der Waals surface area contributed by atoms with E-state index >= 15 is 0 Å². The van der Waals surface area contributed by atoms with Gasteiger partial charge in [-0.15, -0.1) is 0 Å². The van der Waals surface area contributed by atoms with Crippen molar-refractivity contribution in [2.75, 3.05) is 6.54 Å². The van der Waals surface area contributed by atoms with Crippen molar-refractivity contribution in [3.05, 3.63) is 52.1 Å². The molecule has 0 saturated carbocycles. The lowest BCUT2D eigenvalue weighted by molar-refractivity contribution is 0.0948. The summed E-state index contributed by atoms with van der Waals surface area (Å²) >= 11 is 5.88. The summed E-state index contributed by atoms with van der Waals surface area (Å²) in [6.07, 6.45) is 6.40. The molecular formula is C16H17ClFN3O. The van der Waals surface area contributed by atoms with Crippen LogP contribution in [-0.2, 0) is 19.4 Å². The van der Waals surface area contributed by atoms with Gasteiger partial charge in [-0.25, -0.2) is 4.39 Å². The molecule has 0 saturated heterocycles. The highest BCUT2D eigenvalue weighted by molar-refractivity contribution is 6.33. The van der Waals surface area contributed by atoms with Crippen molar-refractivity contribution in [3.8, 4) is 0 Å². The van der Waals surface area contributed by atoms with Gasteiger partial charge in [-0.1, -0.05) is 17.7 Å². The summed E-state index contributed by atoms with van der Waals surface area (Å²) in [6, 6.07) is 4.21. The van der Waals surface area contributed by atoms with E-state index in [0.717, 1.165) is 12.8 Å². The molecule has 1 N–H and O–H groups in total. The third-order valence-corrected chi connectivity index (χ3v) is 4.26. The SMILES string of the molecule is O=C(NCCn1ncc2c1CCCC2)c1c(F)cccc1Cl. The number of amides is 1. The number of benzene rings is 1. The first kappa shape index (κ1) is 15.0. The van der Waals surface area contributed by atoms with E-state index in [-0.39, 0.29) is 10.6 Å². The Labute approximate surface area is 133 Å². The normalized spacial score (nSPS) is 13.7. The molecule has 6 heteroatoms. The number of rotatable bonds is 4. The van der Waals surface area contributed by atoms with Crippen LogP contribution in [0.1, 0.15) is 34.5 Å². The predicted octanol–water partition coefficient (Wildman–Crippen LogP) is 2.98. The highest BCUT2D eigenvalue weighted by Gasteiger charge is 2.17. The van der Waals surface area contributed by atoms with Crippen LogP contribution in [0.15, 0.2) is 24.4 Å². The van der Waals surface area contributed by atoms with Crippen LogP contribution in [0, 0.1) is 5.82 Å². The molecule has 0 atom stereocenters. The molecule has 3 rings (SSSR count). The van der Waals surface area contributed by atoms with Gasteiger partial charge in [0.1, 0.15) is 5.82 Å². The van der Waals surface area contributed by atoms with Crippen molar-refractivity contribution in [1.82, 2.24) is 15.1 Å². The van der Waals surface area contributed by atoms with Gasteiger partial charge < -0.3 is 5.32 Å². The monoisotopic (exact) mass is 321 g/mol. The van der Waals surface area contributed by atoms with E-state index in [1.807, 2.05) is 10.9 Å². The minimum absolute atomic E-state index is 0.105. The number of carbonyl (C=O) groups is 1. The van der Waals surface area contributed by atoms with Crippen LogP contribution in [-0.4, -0.2) is 22.2 Å². The molecule has 2 aromatic rings. The Bertz CT molecular complexity index is 678. The summed E-state index contributed by atoms with van der Waals surface area (Å²) in [6.45, 7) is 0.963. The number of aryl methyl sites for hydroxylation is 1. The summed E-state index contributed by atoms with van der Waals surface area (Å²) in [5.41, 5.74) is 2.45. The first-order chi connectivity index (χ1) is 10.7. The zero-order valence-electron chi connectivity index (χ0n) is 12.1. The van der Waals surface area contributed by atoms with Crippen molar-refractivity contribution < 1.29 is 9.18 Å². The molecule has 22 heavy (non-hydrogen) atoms. The molecule has 1 aromatic heterocycles. The molecule has 1 aromatic carbocycles. The summed E-state index contributed by atoms with van der Waals surface area (Å²) in [4.78, 5) is 12.0. The van der Waals surface area contributed by atoms with Crippen molar-refractivity contribution in [2.24, 2.45) is 0 Å². The molecule has 1 aliphatic carbocycles. The van der Waals surface area contributed by atoms with Gasteiger partial charge in [0.25, 0.3) is 5.91 Å². The van der Waals surface area contributed by atoms with Crippen LogP contribution in [0.2, 0.25) is 5.02 Å². The van der Waals surface area contributed by atoms with Gasteiger partial charge in [0, 0.05) is 12.2 Å². The second kappa shape index (κ2) is 6.48. The molecule has 1 heterocycles. The van der Waals surface area contributed by atoms with Gasteiger partial charge in [-0.2, -0.15) is 5.10 Å². The maximum atomic E-state index is 13.7. The fourth-order valence-corrected chi connectivity index (χ4v) is 3.08. The van der Waals surface area contributed by atoms with Gasteiger partial charge in [0.15, 0.2) is 0 Å². The standard InChI is InChI=1S/C16H17ClFN3O/c17-12-5-3-6-13(18)15(12)16(22)19-8-9-21-14-7-2-1-4-11(14)10-20-21/h3,5-6,10H,1-2,4,7-9H2,(H,19,22). The van der Waals surface area contributed by atoms with Crippen LogP contribution in [0.25, 0.3) is 0 Å². The number of nitrogens with zero attached hydrogens (tertiary/aromatic N) is 2. The Balaban J connectivity index is 1.61. The highest BCUT2D eigenvalue weighted by atomic mass is 35.5. The second-order valence-corrected chi connectivity index (χ2v) is 5.81. The maximum Gasteiger partial charge on any atom is 0.255 e. The van der Waals surface area contributed by atoms with E-state index in [1.165, 1.54) is 42.3 Å². The Kier molecular flexibility index (Phi) is 4.43. The van der Waals surface area contributed by atoms with Gasteiger partial charge in [0.2, 0.25) is 0 Å². The number of hydrogen-bond acceptors (Lipinski definition) is 2. The molecule has 116 valence electrons. The van der Waals surface area contributed by atoms with Crippen LogP contribution in [0.5, 0.6) is 0 Å². The molecular weight excluding hydrogens is 305 g/mol. The molecule has 0 unspecified atom stereocenters. The first-order valence-corrected chi connectivity index (χ1v) is 7.80. The maximum absolute atomic E-state index is 13.7. The molecule has 0 bridgehead atoms. The van der Waals surface area contributed by atoms with Crippen LogP contribution in [0.4, 0.5) is 4.39 Å². The topological polar surface area (TPSA) is 46.9 Å². The minimum Gasteiger partial charge on any atom is -0.350 e. The second-order valence-electron chi connectivity index (χ2n) is 5.40. The van der Waals surface area contributed by atoms with E-state index < -0.39 is 11.7 Å². The van der Waals surface area contributed by atoms with Crippen LogP contribution >= 0.6 is 11.6 Å². The van der Waals surface area contributed by atoms with E-state index in [0.29, 0.717) is 13.1 Å². The zero-order valence-corrected chi connectivity index (χ0v) is 12.9. The van der Waals surface area contributed by atoms with Crippen molar-refractivity contribution >= 4 is 17.5 Å². The third-order valence-electron chi connectivity index (χ3n) is 3.94. The van der Waals surface area contributed by atoms with Gasteiger partial charge in [-0.05, 0) is 43.4 Å². The Morgan fingerprint density at radius 1 is 1.36 bits per heavy atom. The lowest BCUT2D eigenvalue weighted by atomic mass is 9.98. The van der Waals surface area contributed by atoms with Crippen LogP contribution < -0.4 is 5.32 Å². The quantitative estimate of drug-likeness (QED) is 0.941. The van der Waals surface area contributed by atoms with Crippen LogP contribution in [0.3, 0.4) is 0 Å². The lowest BCUT2D eigenvalue weighted by Crippen LogP contribution is -2.29. The summed E-state index contributed by atoms with van der Waals surface area (Å²) in [7, 11) is 0. The predicted molar refractivity (Wildman–Crippen MR) is 82.6 cm³/mol. The third kappa shape index (κ3) is 2.99. The summed E-state index contributed by atoms with van der Waals surface area (Å²) in [5, 5.41) is 7.19. The summed E-state index contributed by atoms with van der Waals surface area (Å²) < 4.78 is 15.6. The van der Waals surface area contributed by atoms with E-state index in [4.69, 9.17) is 11.6 Å². The molecule has 0 radical (unpaired) electrons. The lowest BCUT2D eigenvalue weighted by Gasteiger charge is -2.14. The van der Waals surface area contributed by atoms with E-state index in [9.17, 15) is 9.18 Å².